The van der Waals surface area contributed by atoms with Crippen LogP contribution in [0.5, 0.6) is 0 Å². The second-order valence-electron chi connectivity index (χ2n) is 4.99. The highest BCUT2D eigenvalue weighted by molar-refractivity contribution is 6.29. The fourth-order valence-corrected chi connectivity index (χ4v) is 2.62. The highest BCUT2D eigenvalue weighted by Crippen LogP contribution is 2.41. The zero-order valence-corrected chi connectivity index (χ0v) is 10.1. The first-order chi connectivity index (χ1) is 7.69. The van der Waals surface area contributed by atoms with Crippen LogP contribution in [0.25, 0.3) is 0 Å². The average Bonchev–Trinajstić information content (AvgIpc) is 2.14. The minimum absolute atomic E-state index is 0.427. The molecule has 0 saturated carbocycles. The van der Waals surface area contributed by atoms with Crippen molar-refractivity contribution in [3.05, 3.63) is 29.0 Å². The van der Waals surface area contributed by atoms with E-state index in [2.05, 4.69) is 22.9 Å². The van der Waals surface area contributed by atoms with Gasteiger partial charge in [-0.05, 0) is 18.6 Å². The third-order valence-corrected chi connectivity index (χ3v) is 3.90. The smallest absolute Gasteiger partial charge is 0.129 e. The SMILES string of the molecule is CC(c1ccc(Cl)nc1)N1CC2(COC2)C1. The van der Waals surface area contributed by atoms with Crippen molar-refractivity contribution in [3.63, 3.8) is 0 Å². The Kier molecular flexibility index (Phi) is 2.42. The molecule has 3 rings (SSSR count). The second-order valence-corrected chi connectivity index (χ2v) is 5.38. The first-order valence-corrected chi connectivity index (χ1v) is 6.00. The summed E-state index contributed by atoms with van der Waals surface area (Å²) in [5.41, 5.74) is 1.72. The lowest BCUT2D eigenvalue weighted by molar-refractivity contribution is -0.197. The molecule has 0 aromatic carbocycles. The normalized spacial score (nSPS) is 24.9. The van der Waals surface area contributed by atoms with Gasteiger partial charge in [-0.1, -0.05) is 17.7 Å². The van der Waals surface area contributed by atoms with Gasteiger partial charge in [0.15, 0.2) is 0 Å². The average molecular weight is 239 g/mol. The van der Waals surface area contributed by atoms with Gasteiger partial charge < -0.3 is 4.74 Å². The van der Waals surface area contributed by atoms with E-state index < -0.39 is 0 Å². The molecule has 2 saturated heterocycles. The van der Waals surface area contributed by atoms with Gasteiger partial charge in [-0.2, -0.15) is 0 Å². The van der Waals surface area contributed by atoms with E-state index in [9.17, 15) is 0 Å². The van der Waals surface area contributed by atoms with E-state index in [1.54, 1.807) is 0 Å². The number of pyridine rings is 1. The van der Waals surface area contributed by atoms with Crippen LogP contribution in [-0.4, -0.2) is 36.2 Å². The Morgan fingerprint density at radius 2 is 2.19 bits per heavy atom. The predicted molar refractivity (Wildman–Crippen MR) is 62.5 cm³/mol. The van der Waals surface area contributed by atoms with E-state index in [0.717, 1.165) is 26.3 Å². The van der Waals surface area contributed by atoms with Crippen molar-refractivity contribution in [2.24, 2.45) is 5.41 Å². The van der Waals surface area contributed by atoms with Crippen LogP contribution in [0.1, 0.15) is 18.5 Å². The molecular weight excluding hydrogens is 224 g/mol. The molecule has 4 heteroatoms. The summed E-state index contributed by atoms with van der Waals surface area (Å²) in [6.45, 7) is 6.40. The number of rotatable bonds is 2. The Balaban J connectivity index is 1.65. The van der Waals surface area contributed by atoms with E-state index in [-0.39, 0.29) is 0 Å². The molecular formula is C12H15ClN2O. The molecule has 0 radical (unpaired) electrons. The molecule has 1 aromatic rings. The quantitative estimate of drug-likeness (QED) is 0.739. The van der Waals surface area contributed by atoms with Gasteiger partial charge in [-0.25, -0.2) is 4.98 Å². The van der Waals surface area contributed by atoms with Crippen LogP contribution in [0.4, 0.5) is 0 Å². The first kappa shape index (κ1) is 10.5. The topological polar surface area (TPSA) is 25.4 Å². The van der Waals surface area contributed by atoms with Crippen molar-refractivity contribution >= 4 is 11.6 Å². The van der Waals surface area contributed by atoms with Gasteiger partial charge in [-0.15, -0.1) is 0 Å². The minimum atomic E-state index is 0.427. The van der Waals surface area contributed by atoms with Crippen LogP contribution in [0.2, 0.25) is 5.15 Å². The van der Waals surface area contributed by atoms with Crippen LogP contribution in [0, 0.1) is 5.41 Å². The van der Waals surface area contributed by atoms with Gasteiger partial charge in [-0.3, -0.25) is 4.90 Å². The minimum Gasteiger partial charge on any atom is -0.380 e. The first-order valence-electron chi connectivity index (χ1n) is 5.62. The number of hydrogen-bond donors (Lipinski definition) is 0. The molecule has 0 amide bonds. The molecule has 86 valence electrons. The number of hydrogen-bond acceptors (Lipinski definition) is 3. The monoisotopic (exact) mass is 238 g/mol. The lowest BCUT2D eigenvalue weighted by Gasteiger charge is -2.57. The Labute approximate surface area is 100 Å². The van der Waals surface area contributed by atoms with E-state index in [1.165, 1.54) is 5.56 Å². The summed E-state index contributed by atoms with van der Waals surface area (Å²) in [7, 11) is 0. The number of likely N-dealkylation sites (tertiary alicyclic amines) is 1. The van der Waals surface area contributed by atoms with E-state index in [0.29, 0.717) is 16.6 Å². The third-order valence-electron chi connectivity index (χ3n) is 3.67. The Morgan fingerprint density at radius 3 is 2.69 bits per heavy atom. The summed E-state index contributed by atoms with van der Waals surface area (Å²) in [4.78, 5) is 6.59. The molecule has 0 aliphatic carbocycles. The van der Waals surface area contributed by atoms with Crippen LogP contribution in [-0.2, 0) is 4.74 Å². The van der Waals surface area contributed by atoms with Crippen molar-refractivity contribution in [2.45, 2.75) is 13.0 Å². The molecule has 0 bridgehead atoms. The number of nitrogens with zero attached hydrogens (tertiary/aromatic N) is 2. The van der Waals surface area contributed by atoms with Gasteiger partial charge in [0.1, 0.15) is 5.15 Å². The Morgan fingerprint density at radius 1 is 1.44 bits per heavy atom. The summed E-state index contributed by atoms with van der Waals surface area (Å²) in [5.74, 6) is 0. The fourth-order valence-electron chi connectivity index (χ4n) is 2.51. The van der Waals surface area contributed by atoms with Crippen LogP contribution >= 0.6 is 11.6 Å². The molecule has 3 heterocycles. The van der Waals surface area contributed by atoms with Gasteiger partial charge in [0.25, 0.3) is 0 Å². The van der Waals surface area contributed by atoms with Crippen molar-refractivity contribution in [2.75, 3.05) is 26.3 Å². The van der Waals surface area contributed by atoms with Crippen molar-refractivity contribution in [3.8, 4) is 0 Å². The molecule has 0 N–H and O–H groups in total. The standard InChI is InChI=1S/C12H15ClN2O/c1-9(10-2-3-11(13)14-4-10)15-5-12(6-15)7-16-8-12/h2-4,9H,5-8H2,1H3. The molecule has 2 aliphatic rings. The summed E-state index contributed by atoms with van der Waals surface area (Å²) >= 11 is 5.78. The van der Waals surface area contributed by atoms with E-state index in [1.807, 2.05) is 12.3 Å². The highest BCUT2D eigenvalue weighted by Gasteiger charge is 2.50. The Hall–Kier alpha value is -0.640. The predicted octanol–water partition coefficient (Wildman–Crippen LogP) is 2.13. The molecule has 16 heavy (non-hydrogen) atoms. The van der Waals surface area contributed by atoms with Gasteiger partial charge in [0, 0.05) is 30.7 Å². The third kappa shape index (κ3) is 1.63. The maximum absolute atomic E-state index is 5.78. The largest absolute Gasteiger partial charge is 0.380 e. The van der Waals surface area contributed by atoms with Crippen LogP contribution in [0.15, 0.2) is 18.3 Å². The van der Waals surface area contributed by atoms with Crippen molar-refractivity contribution in [1.82, 2.24) is 9.88 Å². The number of halogens is 1. The van der Waals surface area contributed by atoms with Gasteiger partial charge in [0.2, 0.25) is 0 Å². The second kappa shape index (κ2) is 3.69. The zero-order chi connectivity index (χ0) is 11.2. The summed E-state index contributed by atoms with van der Waals surface area (Å²) in [5, 5.41) is 0.559. The summed E-state index contributed by atoms with van der Waals surface area (Å²) < 4.78 is 5.27. The molecule has 1 atom stereocenters. The summed E-state index contributed by atoms with van der Waals surface area (Å²) in [6.07, 6.45) is 1.87. The van der Waals surface area contributed by atoms with Crippen LogP contribution in [0.3, 0.4) is 0 Å². The van der Waals surface area contributed by atoms with E-state index >= 15 is 0 Å². The summed E-state index contributed by atoms with van der Waals surface area (Å²) in [6, 6.07) is 4.34. The lowest BCUT2D eigenvalue weighted by atomic mass is 9.77. The Bertz CT molecular complexity index is 381. The molecule has 1 spiro atoms. The van der Waals surface area contributed by atoms with Gasteiger partial charge in [0.05, 0.1) is 13.2 Å². The molecule has 1 unspecified atom stereocenters. The van der Waals surface area contributed by atoms with Crippen LogP contribution < -0.4 is 0 Å². The zero-order valence-electron chi connectivity index (χ0n) is 9.32. The fraction of sp³-hybridized carbons (Fsp3) is 0.583. The molecule has 2 aliphatic heterocycles. The lowest BCUT2D eigenvalue weighted by Crippen LogP contribution is -2.66. The van der Waals surface area contributed by atoms with Crippen molar-refractivity contribution < 1.29 is 4.74 Å². The maximum atomic E-state index is 5.78. The molecule has 3 nitrogen and oxygen atoms in total. The highest BCUT2D eigenvalue weighted by atomic mass is 35.5. The van der Waals surface area contributed by atoms with E-state index in [4.69, 9.17) is 16.3 Å². The molecule has 2 fully saturated rings. The number of ether oxygens (including phenoxy) is 1. The van der Waals surface area contributed by atoms with Gasteiger partial charge >= 0.3 is 0 Å². The number of aromatic nitrogens is 1. The maximum Gasteiger partial charge on any atom is 0.129 e. The molecule has 1 aromatic heterocycles. The van der Waals surface area contributed by atoms with Crippen molar-refractivity contribution in [1.29, 1.82) is 0 Å².